The molecule has 3 N–H and O–H groups in total. The molecule has 0 aliphatic rings. The Morgan fingerprint density at radius 3 is 0.723 bits per heavy atom. The monoisotopic (exact) mass is 1380 g/mol. The molecule has 0 amide bonds. The average molecular weight is 1380 g/mol. The van der Waals surface area contributed by atoms with E-state index < -0.39 is 97.5 Å². The van der Waals surface area contributed by atoms with Crippen molar-refractivity contribution in [2.75, 3.05) is 39.6 Å². The Kier molecular flexibility index (Phi) is 66.8. The molecule has 0 aliphatic carbocycles. The molecule has 19 heteroatoms. The van der Waals surface area contributed by atoms with Crippen molar-refractivity contribution >= 4 is 39.5 Å². The lowest BCUT2D eigenvalue weighted by Gasteiger charge is -2.21. The third-order valence-electron chi connectivity index (χ3n) is 17.5. The molecule has 0 radical (unpaired) electrons. The molecule has 17 nitrogen and oxygen atoms in total. The highest BCUT2D eigenvalue weighted by molar-refractivity contribution is 7.47. The van der Waals surface area contributed by atoms with Gasteiger partial charge in [-0.1, -0.05) is 343 Å². The summed E-state index contributed by atoms with van der Waals surface area (Å²) in [5.74, 6) is -1.31. The number of phosphoric ester groups is 2. The quantitative estimate of drug-likeness (QED) is 0.0222. The van der Waals surface area contributed by atoms with Gasteiger partial charge in [0.2, 0.25) is 0 Å². The van der Waals surface area contributed by atoms with Crippen molar-refractivity contribution in [1.82, 2.24) is 0 Å². The van der Waals surface area contributed by atoms with Crippen molar-refractivity contribution in [3.63, 3.8) is 0 Å². The number of aliphatic hydroxyl groups excluding tert-OH is 1. The summed E-state index contributed by atoms with van der Waals surface area (Å²) in [6.07, 6.45) is 56.7. The van der Waals surface area contributed by atoms with Crippen molar-refractivity contribution in [3.8, 4) is 0 Å². The lowest BCUT2D eigenvalue weighted by Crippen LogP contribution is -2.30. The molecule has 0 bridgehead atoms. The van der Waals surface area contributed by atoms with Gasteiger partial charge in [0.05, 0.1) is 26.4 Å². The van der Waals surface area contributed by atoms with Gasteiger partial charge in [-0.3, -0.25) is 37.3 Å². The molecule has 0 aromatic carbocycles. The van der Waals surface area contributed by atoms with Crippen molar-refractivity contribution in [3.05, 3.63) is 0 Å². The van der Waals surface area contributed by atoms with Gasteiger partial charge in [0.25, 0.3) is 0 Å². The van der Waals surface area contributed by atoms with E-state index >= 15 is 0 Å². The Bertz CT molecular complexity index is 1810. The lowest BCUT2D eigenvalue weighted by atomic mass is 10.0. The number of ether oxygens (including phenoxy) is 4. The molecule has 0 aromatic heterocycles. The third-order valence-corrected chi connectivity index (χ3v) is 19.4. The highest BCUT2D eigenvalue weighted by atomic mass is 31.2. The number of hydrogen-bond acceptors (Lipinski definition) is 15. The van der Waals surface area contributed by atoms with Gasteiger partial charge in [-0.25, -0.2) is 9.13 Å². The zero-order chi connectivity index (χ0) is 69.1. The minimum Gasteiger partial charge on any atom is -0.462 e. The Labute approximate surface area is 575 Å². The molecule has 0 rings (SSSR count). The highest BCUT2D eigenvalue weighted by Crippen LogP contribution is 2.45. The van der Waals surface area contributed by atoms with Gasteiger partial charge in [-0.05, 0) is 31.6 Å². The number of esters is 4. The highest BCUT2D eigenvalue weighted by Gasteiger charge is 2.30. The molecule has 94 heavy (non-hydrogen) atoms. The number of unbranched alkanes of at least 4 members (excludes halogenated alkanes) is 47. The molecule has 0 heterocycles. The summed E-state index contributed by atoms with van der Waals surface area (Å²) in [7, 11) is -9.91. The number of phosphoric acid groups is 2. The van der Waals surface area contributed by atoms with E-state index in [2.05, 4.69) is 34.6 Å². The Balaban J connectivity index is 5.23. The standard InChI is InChI=1S/C75H146O17P2/c1-6-9-12-15-18-21-24-26-31-35-39-44-49-54-59-73(78)86-65-71(92-75(80)61-56-51-46-41-36-32-29-27-28-30-33-37-42-47-52-57-68(4)5)67-90-94(83,84)88-63-69(76)62-87-93(81,82)89-66-70(64-85-72(77)58-53-48-43-38-23-20-17-14-11-8-3)91-74(79)60-55-50-45-40-34-25-22-19-16-13-10-7-2/h68-71,76H,6-67H2,1-5H3,(H,81,82)(H,83,84)/t69-,70+,71+/m0/s1. The smallest absolute Gasteiger partial charge is 0.462 e. The van der Waals surface area contributed by atoms with Crippen LogP contribution in [0, 0.1) is 5.92 Å². The molecular weight excluding hydrogens is 1230 g/mol. The maximum Gasteiger partial charge on any atom is 0.472 e. The van der Waals surface area contributed by atoms with Crippen LogP contribution in [0.15, 0.2) is 0 Å². The maximum absolute atomic E-state index is 13.1. The molecule has 0 aliphatic heterocycles. The van der Waals surface area contributed by atoms with Gasteiger partial charge in [0.15, 0.2) is 12.2 Å². The number of carbonyl (C=O) groups excluding carboxylic acids is 4. The SMILES string of the molecule is CCCCCCCCCCCCCCCCC(=O)OC[C@H](COP(=O)(O)OC[C@@H](O)COP(=O)(O)OC[C@@H](COC(=O)CCCCCCCCCCCC)OC(=O)CCCCCCCCCCCCCC)OC(=O)CCCCCCCCCCCCCCCCCC(C)C. The second-order valence-corrected chi connectivity index (χ2v) is 30.4. The third kappa shape index (κ3) is 68.6. The molecule has 5 atom stereocenters. The first-order valence-corrected chi connectivity index (χ1v) is 42.1. The predicted octanol–water partition coefficient (Wildman–Crippen LogP) is 22.1. The van der Waals surface area contributed by atoms with E-state index in [9.17, 15) is 43.2 Å². The number of rotatable bonds is 75. The van der Waals surface area contributed by atoms with E-state index in [-0.39, 0.29) is 25.7 Å². The second-order valence-electron chi connectivity index (χ2n) is 27.5. The predicted molar refractivity (Wildman–Crippen MR) is 382 cm³/mol. The van der Waals surface area contributed by atoms with E-state index in [1.165, 1.54) is 218 Å². The van der Waals surface area contributed by atoms with Crippen LogP contribution in [0.5, 0.6) is 0 Å². The van der Waals surface area contributed by atoms with Crippen LogP contribution in [-0.2, 0) is 65.4 Å². The Morgan fingerprint density at radius 2 is 0.489 bits per heavy atom. The number of aliphatic hydroxyl groups is 1. The molecular formula is C75H146O17P2. The summed E-state index contributed by atoms with van der Waals surface area (Å²) < 4.78 is 68.5. The molecule has 2 unspecified atom stereocenters. The van der Waals surface area contributed by atoms with Gasteiger partial charge in [0.1, 0.15) is 19.3 Å². The summed E-state index contributed by atoms with van der Waals surface area (Å²) in [5, 5.41) is 10.6. The van der Waals surface area contributed by atoms with Crippen molar-refractivity contribution in [1.29, 1.82) is 0 Å². The van der Waals surface area contributed by atoms with Crippen LogP contribution in [0.3, 0.4) is 0 Å². The summed E-state index contributed by atoms with van der Waals surface area (Å²) in [6, 6.07) is 0. The molecule has 0 saturated heterocycles. The second kappa shape index (κ2) is 68.2. The van der Waals surface area contributed by atoms with E-state index in [0.29, 0.717) is 25.7 Å². The number of hydrogen-bond donors (Lipinski definition) is 3. The van der Waals surface area contributed by atoms with Crippen LogP contribution in [0.1, 0.15) is 394 Å². The Hall–Kier alpha value is -1.94. The fourth-order valence-corrected chi connectivity index (χ4v) is 13.1. The van der Waals surface area contributed by atoms with Crippen LogP contribution >= 0.6 is 15.6 Å². The molecule has 558 valence electrons. The summed E-state index contributed by atoms with van der Waals surface area (Å²) in [5.41, 5.74) is 0. The van der Waals surface area contributed by atoms with Crippen molar-refractivity contribution in [2.24, 2.45) is 5.92 Å². The van der Waals surface area contributed by atoms with Crippen molar-refractivity contribution < 1.29 is 80.2 Å². The van der Waals surface area contributed by atoms with Gasteiger partial charge < -0.3 is 33.8 Å². The maximum atomic E-state index is 13.1. The average Bonchev–Trinajstić information content (AvgIpc) is 1.30. The number of carbonyl (C=O) groups is 4. The van der Waals surface area contributed by atoms with Crippen LogP contribution in [0.2, 0.25) is 0 Å². The van der Waals surface area contributed by atoms with E-state index in [4.69, 9.17) is 37.0 Å². The fraction of sp³-hybridized carbons (Fsp3) is 0.947. The summed E-state index contributed by atoms with van der Waals surface area (Å²) in [6.45, 7) is 7.31. The largest absolute Gasteiger partial charge is 0.472 e. The van der Waals surface area contributed by atoms with Crippen LogP contribution in [0.25, 0.3) is 0 Å². The van der Waals surface area contributed by atoms with Gasteiger partial charge in [0, 0.05) is 25.7 Å². The minimum absolute atomic E-state index is 0.108. The van der Waals surface area contributed by atoms with Crippen LogP contribution in [0.4, 0.5) is 0 Å². The first-order chi connectivity index (χ1) is 45.5. The van der Waals surface area contributed by atoms with Gasteiger partial charge in [-0.2, -0.15) is 0 Å². The first kappa shape index (κ1) is 92.1. The van der Waals surface area contributed by atoms with Crippen LogP contribution in [-0.4, -0.2) is 96.7 Å². The van der Waals surface area contributed by atoms with Crippen LogP contribution < -0.4 is 0 Å². The summed E-state index contributed by atoms with van der Waals surface area (Å²) in [4.78, 5) is 72.7. The van der Waals surface area contributed by atoms with Gasteiger partial charge in [-0.15, -0.1) is 0 Å². The molecule has 0 spiro atoms. The van der Waals surface area contributed by atoms with E-state index in [0.717, 1.165) is 95.8 Å². The molecule has 0 fully saturated rings. The summed E-state index contributed by atoms with van der Waals surface area (Å²) >= 11 is 0. The van der Waals surface area contributed by atoms with E-state index in [1.807, 2.05) is 0 Å². The zero-order valence-electron chi connectivity index (χ0n) is 61.1. The first-order valence-electron chi connectivity index (χ1n) is 39.1. The van der Waals surface area contributed by atoms with Crippen molar-refractivity contribution in [2.45, 2.75) is 412 Å². The lowest BCUT2D eigenvalue weighted by molar-refractivity contribution is -0.161. The minimum atomic E-state index is -4.96. The van der Waals surface area contributed by atoms with E-state index in [1.54, 1.807) is 0 Å². The normalized spacial score (nSPS) is 14.0. The fourth-order valence-electron chi connectivity index (χ4n) is 11.5. The molecule has 0 saturated carbocycles. The Morgan fingerprint density at radius 1 is 0.287 bits per heavy atom. The topological polar surface area (TPSA) is 237 Å². The zero-order valence-corrected chi connectivity index (χ0v) is 62.9. The molecule has 0 aromatic rings. The van der Waals surface area contributed by atoms with Gasteiger partial charge >= 0.3 is 39.5 Å².